The summed E-state index contributed by atoms with van der Waals surface area (Å²) >= 11 is 1.81. The van der Waals surface area contributed by atoms with Crippen molar-refractivity contribution in [3.05, 3.63) is 70.3 Å². The van der Waals surface area contributed by atoms with Crippen LogP contribution in [0, 0.1) is 0 Å². The van der Waals surface area contributed by atoms with Gasteiger partial charge >= 0.3 is 5.97 Å². The summed E-state index contributed by atoms with van der Waals surface area (Å²) in [6.07, 6.45) is 12.5. The number of carbonyl (C=O) groups excluding carboxylic acids is 1. The van der Waals surface area contributed by atoms with Crippen LogP contribution in [0.2, 0.25) is 0 Å². The molecule has 0 aliphatic carbocycles. The highest BCUT2D eigenvalue weighted by atomic mass is 32.1. The second kappa shape index (κ2) is 18.3. The van der Waals surface area contributed by atoms with E-state index in [1.807, 2.05) is 35.6 Å². The summed E-state index contributed by atoms with van der Waals surface area (Å²) in [4.78, 5) is 30.6. The molecule has 2 aromatic heterocycles. The summed E-state index contributed by atoms with van der Waals surface area (Å²) in [7, 11) is 0. The molecule has 0 spiro atoms. The fourth-order valence-corrected chi connectivity index (χ4v) is 7.48. The molecule has 1 aliphatic heterocycles. The van der Waals surface area contributed by atoms with Gasteiger partial charge in [-0.15, -0.1) is 11.3 Å². The van der Waals surface area contributed by atoms with Crippen molar-refractivity contribution in [3.63, 3.8) is 0 Å². The van der Waals surface area contributed by atoms with Crippen molar-refractivity contribution in [1.29, 1.82) is 0 Å². The first kappa shape index (κ1) is 35.0. The van der Waals surface area contributed by atoms with Gasteiger partial charge in [0.2, 0.25) is 0 Å². The number of unbranched alkanes of at least 4 members (excludes halogenated alkanes) is 9. The molecule has 1 aliphatic rings. The number of aromatic nitrogens is 1. The Morgan fingerprint density at radius 1 is 0.851 bits per heavy atom. The minimum Gasteiger partial charge on any atom is -0.494 e. The number of piperazine rings is 1. The molecule has 0 amide bonds. The zero-order valence-electron chi connectivity index (χ0n) is 28.5. The Morgan fingerprint density at radius 2 is 1.60 bits per heavy atom. The van der Waals surface area contributed by atoms with Gasteiger partial charge in [-0.1, -0.05) is 64.4 Å². The minimum absolute atomic E-state index is 0.190. The number of pyridine rings is 1. The van der Waals surface area contributed by atoms with Gasteiger partial charge in [0.05, 0.1) is 12.1 Å². The lowest BCUT2D eigenvalue weighted by atomic mass is 10.1. The maximum absolute atomic E-state index is 12.9. The topological polar surface area (TPSA) is 64.0 Å². The molecule has 3 heterocycles. The third-order valence-electron chi connectivity index (χ3n) is 9.38. The molecule has 0 saturated carbocycles. The number of ether oxygens (including phenoxy) is 2. The molecule has 0 bridgehead atoms. The van der Waals surface area contributed by atoms with Crippen LogP contribution in [0.1, 0.15) is 97.1 Å². The van der Waals surface area contributed by atoms with E-state index in [1.54, 1.807) is 11.5 Å². The molecule has 7 nitrogen and oxygen atoms in total. The Balaban J connectivity index is 1.03. The quantitative estimate of drug-likeness (QED) is 0.0739. The fraction of sp³-hybridized carbons (Fsp3) is 0.538. The summed E-state index contributed by atoms with van der Waals surface area (Å²) in [5.41, 5.74) is 1.89. The molecular weight excluding hydrogens is 607 g/mol. The number of rotatable bonds is 19. The Bertz CT molecular complexity index is 1610. The van der Waals surface area contributed by atoms with Gasteiger partial charge < -0.3 is 14.4 Å². The van der Waals surface area contributed by atoms with Gasteiger partial charge in [-0.3, -0.25) is 19.1 Å². The van der Waals surface area contributed by atoms with Crippen LogP contribution in [0.15, 0.2) is 64.8 Å². The first-order valence-corrected chi connectivity index (χ1v) is 18.8. The molecule has 5 rings (SSSR count). The Labute approximate surface area is 284 Å². The van der Waals surface area contributed by atoms with E-state index in [1.165, 1.54) is 60.4 Å². The van der Waals surface area contributed by atoms with Crippen LogP contribution in [-0.4, -0.2) is 54.8 Å². The van der Waals surface area contributed by atoms with Crippen molar-refractivity contribution in [2.45, 2.75) is 97.1 Å². The minimum atomic E-state index is -0.689. The molecule has 2 aromatic carbocycles. The van der Waals surface area contributed by atoms with Crippen LogP contribution >= 0.6 is 11.3 Å². The van der Waals surface area contributed by atoms with Gasteiger partial charge in [0.25, 0.3) is 5.56 Å². The predicted molar refractivity (Wildman–Crippen MR) is 196 cm³/mol. The van der Waals surface area contributed by atoms with Gasteiger partial charge in [-0.25, -0.2) is 0 Å². The summed E-state index contributed by atoms with van der Waals surface area (Å²) in [5.74, 6) is 0.472. The third kappa shape index (κ3) is 10.1. The first-order chi connectivity index (χ1) is 23.0. The average molecular weight is 660 g/mol. The normalized spacial score (nSPS) is 14.6. The van der Waals surface area contributed by atoms with Crippen LogP contribution in [-0.2, 0) is 9.53 Å². The van der Waals surface area contributed by atoms with Crippen LogP contribution in [0.3, 0.4) is 0 Å². The van der Waals surface area contributed by atoms with Gasteiger partial charge in [0.15, 0.2) is 6.23 Å². The van der Waals surface area contributed by atoms with Gasteiger partial charge in [0.1, 0.15) is 5.75 Å². The lowest BCUT2D eigenvalue weighted by molar-refractivity contribution is -0.152. The molecule has 1 unspecified atom stereocenters. The zero-order chi connectivity index (χ0) is 32.8. The highest BCUT2D eigenvalue weighted by Crippen LogP contribution is 2.31. The molecule has 8 heteroatoms. The molecular formula is C39H53N3O4S. The number of anilines is 1. The number of nitrogens with zero attached hydrogens (tertiary/aromatic N) is 3. The van der Waals surface area contributed by atoms with Crippen LogP contribution in [0.4, 0.5) is 5.69 Å². The van der Waals surface area contributed by atoms with Gasteiger partial charge in [0, 0.05) is 60.5 Å². The van der Waals surface area contributed by atoms with Crippen LogP contribution < -0.4 is 15.2 Å². The number of hydrogen-bond donors (Lipinski definition) is 0. The molecule has 254 valence electrons. The summed E-state index contributed by atoms with van der Waals surface area (Å²) in [6.45, 7) is 9.95. The fourth-order valence-electron chi connectivity index (χ4n) is 6.67. The van der Waals surface area contributed by atoms with Crippen molar-refractivity contribution < 1.29 is 14.3 Å². The monoisotopic (exact) mass is 659 g/mol. The van der Waals surface area contributed by atoms with Gasteiger partial charge in [-0.2, -0.15) is 0 Å². The van der Waals surface area contributed by atoms with E-state index in [4.69, 9.17) is 9.47 Å². The molecule has 1 saturated heterocycles. The highest BCUT2D eigenvalue weighted by molar-refractivity contribution is 7.17. The van der Waals surface area contributed by atoms with E-state index < -0.39 is 6.23 Å². The number of carbonyl (C=O) groups is 1. The van der Waals surface area contributed by atoms with E-state index >= 15 is 0 Å². The first-order valence-electron chi connectivity index (χ1n) is 17.9. The highest BCUT2D eigenvalue weighted by Gasteiger charge is 2.19. The number of hydrogen-bond acceptors (Lipinski definition) is 7. The number of thiophene rings is 1. The smallest absolute Gasteiger partial charge is 0.307 e. The van der Waals surface area contributed by atoms with E-state index in [0.29, 0.717) is 13.0 Å². The molecule has 47 heavy (non-hydrogen) atoms. The second-order valence-corrected chi connectivity index (χ2v) is 13.9. The van der Waals surface area contributed by atoms with E-state index in [2.05, 4.69) is 46.4 Å². The largest absolute Gasteiger partial charge is 0.494 e. The summed E-state index contributed by atoms with van der Waals surface area (Å²) in [6, 6.07) is 18.0. The van der Waals surface area contributed by atoms with E-state index in [-0.39, 0.29) is 11.5 Å². The van der Waals surface area contributed by atoms with Crippen molar-refractivity contribution in [2.24, 2.45) is 0 Å². The average Bonchev–Trinajstić information content (AvgIpc) is 3.57. The van der Waals surface area contributed by atoms with Crippen molar-refractivity contribution in [3.8, 4) is 5.75 Å². The number of fused-ring (bicyclic) bond motifs is 2. The maximum Gasteiger partial charge on any atom is 0.307 e. The predicted octanol–water partition coefficient (Wildman–Crippen LogP) is 9.18. The maximum atomic E-state index is 12.9. The number of benzene rings is 2. The SMILES string of the molecule is CCCCCCCCCCCC(=O)OC(C)n1c(=O)ccc2ccc(OCCCCN3CCN(c4cccc5sccc45)CC3)cc21. The van der Waals surface area contributed by atoms with Gasteiger partial charge in [-0.05, 0) is 79.9 Å². The molecule has 1 atom stereocenters. The lowest BCUT2D eigenvalue weighted by Gasteiger charge is -2.36. The van der Waals surface area contributed by atoms with E-state index in [0.717, 1.165) is 81.5 Å². The number of esters is 1. The summed E-state index contributed by atoms with van der Waals surface area (Å²) in [5, 5.41) is 4.46. The second-order valence-electron chi connectivity index (χ2n) is 12.9. The Morgan fingerprint density at radius 3 is 2.38 bits per heavy atom. The van der Waals surface area contributed by atoms with Crippen LogP contribution in [0.5, 0.6) is 5.75 Å². The standard InChI is InChI=1S/C39H53N3O4S/c1-3-4-5-6-7-8-9-10-11-17-39(44)46-31(2)42-36-30-33(20-18-32(36)19-21-38(42)43)45-28-13-12-23-40-24-26-41(27-25-40)35-15-14-16-37-34(35)22-29-47-37/h14-16,18-22,29-31H,3-13,17,23-28H2,1-2H3. The Kier molecular flexibility index (Phi) is 13.6. The molecule has 0 N–H and O–H groups in total. The van der Waals surface area contributed by atoms with Crippen molar-refractivity contribution >= 4 is 44.0 Å². The van der Waals surface area contributed by atoms with Crippen molar-refractivity contribution in [2.75, 3.05) is 44.2 Å². The van der Waals surface area contributed by atoms with Crippen LogP contribution in [0.25, 0.3) is 21.0 Å². The Hall–Kier alpha value is -3.36. The van der Waals surface area contributed by atoms with Crippen molar-refractivity contribution in [1.82, 2.24) is 9.47 Å². The lowest BCUT2D eigenvalue weighted by Crippen LogP contribution is -2.46. The van der Waals surface area contributed by atoms with E-state index in [9.17, 15) is 9.59 Å². The zero-order valence-corrected chi connectivity index (χ0v) is 29.3. The summed E-state index contributed by atoms with van der Waals surface area (Å²) < 4.78 is 14.8. The molecule has 4 aromatic rings. The third-order valence-corrected chi connectivity index (χ3v) is 10.3. The molecule has 1 fully saturated rings. The molecule has 0 radical (unpaired) electrons.